The van der Waals surface area contributed by atoms with E-state index in [9.17, 15) is 14.4 Å². The van der Waals surface area contributed by atoms with Crippen LogP contribution in [0, 0.1) is 0 Å². The lowest BCUT2D eigenvalue weighted by atomic mass is 9.93. The number of hydrogen-bond donors (Lipinski definition) is 0. The fourth-order valence-electron chi connectivity index (χ4n) is 3.55. The number of rotatable bonds is 3. The average Bonchev–Trinajstić information content (AvgIpc) is 2.93. The van der Waals surface area contributed by atoms with E-state index in [1.807, 2.05) is 56.4 Å². The topological polar surface area (TPSA) is 60.9 Å². The number of amides is 4. The van der Waals surface area contributed by atoms with Crippen molar-refractivity contribution in [2.75, 3.05) is 27.2 Å². The Labute approximate surface area is 165 Å². The third kappa shape index (κ3) is 3.38. The van der Waals surface area contributed by atoms with Gasteiger partial charge in [0.05, 0.1) is 0 Å². The zero-order valence-corrected chi connectivity index (χ0v) is 16.7. The predicted octanol–water partition coefficient (Wildman–Crippen LogP) is 2.94. The number of nitrogens with zero attached hydrogens (tertiary/aromatic N) is 3. The highest BCUT2D eigenvalue weighted by atomic mass is 16.2. The molecule has 0 N–H and O–H groups in total. The Morgan fingerprint density at radius 1 is 0.893 bits per heavy atom. The van der Waals surface area contributed by atoms with Gasteiger partial charge >= 0.3 is 6.03 Å². The van der Waals surface area contributed by atoms with Crippen LogP contribution in [0.3, 0.4) is 0 Å². The van der Waals surface area contributed by atoms with Crippen LogP contribution in [0.5, 0.6) is 0 Å². The van der Waals surface area contributed by atoms with Crippen LogP contribution in [0.4, 0.5) is 4.79 Å². The van der Waals surface area contributed by atoms with Gasteiger partial charge in [-0.2, -0.15) is 0 Å². The molecule has 0 aromatic heterocycles. The van der Waals surface area contributed by atoms with E-state index in [1.54, 1.807) is 0 Å². The first-order chi connectivity index (χ1) is 13.4. The van der Waals surface area contributed by atoms with Gasteiger partial charge in [0.15, 0.2) is 0 Å². The number of fused-ring (bicyclic) bond motifs is 2. The molecule has 0 unspecified atom stereocenters. The largest absolute Gasteiger partial charge is 0.372 e. The molecule has 1 aliphatic heterocycles. The Kier molecular flexibility index (Phi) is 5.49. The van der Waals surface area contributed by atoms with Gasteiger partial charge in [0.2, 0.25) is 0 Å². The molecule has 4 amide bonds. The second kappa shape index (κ2) is 7.84. The van der Waals surface area contributed by atoms with Crippen molar-refractivity contribution in [3.8, 4) is 0 Å². The number of carbonyl (C=O) groups excluding carboxylic acids is 3. The summed E-state index contributed by atoms with van der Waals surface area (Å²) in [5.41, 5.74) is 3.56. The van der Waals surface area contributed by atoms with Crippen molar-refractivity contribution < 1.29 is 14.4 Å². The van der Waals surface area contributed by atoms with E-state index in [2.05, 4.69) is 4.90 Å². The predicted molar refractivity (Wildman–Crippen MR) is 108 cm³/mol. The van der Waals surface area contributed by atoms with Crippen molar-refractivity contribution in [1.82, 2.24) is 14.7 Å². The van der Waals surface area contributed by atoms with Crippen LogP contribution in [0.2, 0.25) is 0 Å². The fraction of sp³-hybridized carbons (Fsp3) is 0.318. The van der Waals surface area contributed by atoms with Gasteiger partial charge in [-0.3, -0.25) is 19.4 Å². The minimum absolute atomic E-state index is 0.0202. The molecule has 28 heavy (non-hydrogen) atoms. The zero-order valence-electron chi connectivity index (χ0n) is 16.7. The van der Waals surface area contributed by atoms with Crippen molar-refractivity contribution >= 4 is 17.8 Å². The van der Waals surface area contributed by atoms with E-state index in [0.717, 1.165) is 46.2 Å². The third-order valence-corrected chi connectivity index (χ3v) is 5.19. The Bertz CT molecular complexity index is 885. The van der Waals surface area contributed by atoms with Crippen LogP contribution in [-0.2, 0) is 9.59 Å². The first-order valence-corrected chi connectivity index (χ1v) is 9.44. The molecular formula is C22H25N3O3. The number of hydrogen-bond acceptors (Lipinski definition) is 4. The minimum atomic E-state index is -0.620. The zero-order chi connectivity index (χ0) is 20.4. The molecule has 0 atom stereocenters. The first-order valence-electron chi connectivity index (χ1n) is 9.44. The highest BCUT2D eigenvalue weighted by Gasteiger charge is 2.40. The van der Waals surface area contributed by atoms with E-state index in [-0.39, 0.29) is 5.57 Å². The van der Waals surface area contributed by atoms with Crippen LogP contribution in [-0.4, -0.2) is 59.7 Å². The lowest BCUT2D eigenvalue weighted by Gasteiger charge is -2.33. The van der Waals surface area contributed by atoms with Crippen LogP contribution >= 0.6 is 0 Å². The molecule has 1 fully saturated rings. The summed E-state index contributed by atoms with van der Waals surface area (Å²) in [6.07, 6.45) is 14.6. The van der Waals surface area contributed by atoms with Gasteiger partial charge in [0, 0.05) is 38.5 Å². The van der Waals surface area contributed by atoms with E-state index >= 15 is 0 Å². The summed E-state index contributed by atoms with van der Waals surface area (Å²) in [6.45, 7) is 5.53. The highest BCUT2D eigenvalue weighted by Crippen LogP contribution is 2.31. The van der Waals surface area contributed by atoms with E-state index in [4.69, 9.17) is 0 Å². The fourth-order valence-corrected chi connectivity index (χ4v) is 3.55. The molecule has 1 heterocycles. The van der Waals surface area contributed by atoms with Crippen molar-refractivity contribution in [3.63, 3.8) is 0 Å². The number of carbonyl (C=O) groups is 3. The Morgan fingerprint density at radius 2 is 1.46 bits per heavy atom. The standard InChI is InChI=1S/C22H25N3O3/c1-5-25(6-2)18-14-16-10-8-7-9-15(13-16)11-12-17(18)19-20(26)23(3)22(28)24(4)21(19)27/h7-12,14H,5-6,13H2,1-4H3/b12-11-,18-14+. The van der Waals surface area contributed by atoms with Gasteiger partial charge in [-0.05, 0) is 37.5 Å². The number of barbiturate groups is 1. The maximum atomic E-state index is 12.9. The molecule has 6 nitrogen and oxygen atoms in total. The second-order valence-electron chi connectivity index (χ2n) is 6.88. The van der Waals surface area contributed by atoms with Crippen molar-refractivity contribution in [2.45, 2.75) is 20.3 Å². The molecule has 0 aromatic rings. The lowest BCUT2D eigenvalue weighted by molar-refractivity contribution is -0.134. The third-order valence-electron chi connectivity index (χ3n) is 5.19. The summed E-state index contributed by atoms with van der Waals surface area (Å²) in [6, 6.07) is -0.620. The number of urea groups is 1. The lowest BCUT2D eigenvalue weighted by Crippen LogP contribution is -2.53. The second-order valence-corrected chi connectivity index (χ2v) is 6.88. The Balaban J connectivity index is 2.29. The molecule has 6 heteroatoms. The van der Waals surface area contributed by atoms with Crippen LogP contribution < -0.4 is 0 Å². The van der Waals surface area contributed by atoms with Crippen molar-refractivity contribution in [1.29, 1.82) is 0 Å². The normalized spacial score (nSPS) is 22.9. The summed E-state index contributed by atoms with van der Waals surface area (Å²) in [5.74, 6) is -1.15. The first kappa shape index (κ1) is 19.6. The molecule has 0 saturated carbocycles. The highest BCUT2D eigenvalue weighted by molar-refractivity contribution is 6.29. The molecule has 146 valence electrons. The quantitative estimate of drug-likeness (QED) is 0.559. The molecule has 0 aromatic carbocycles. The van der Waals surface area contributed by atoms with Crippen LogP contribution in [0.15, 0.2) is 70.5 Å². The summed E-state index contributed by atoms with van der Waals surface area (Å²) in [4.78, 5) is 42.1. The molecule has 3 rings (SSSR count). The van der Waals surface area contributed by atoms with Gasteiger partial charge in [-0.25, -0.2) is 4.79 Å². The van der Waals surface area contributed by atoms with E-state index < -0.39 is 17.8 Å². The monoisotopic (exact) mass is 379 g/mol. The average molecular weight is 379 g/mol. The van der Waals surface area contributed by atoms with Crippen LogP contribution in [0.1, 0.15) is 20.3 Å². The molecule has 3 aliphatic rings. The Hall–Kier alpha value is -3.15. The van der Waals surface area contributed by atoms with Gasteiger partial charge in [0.25, 0.3) is 11.8 Å². The smallest absolute Gasteiger partial charge is 0.333 e. The number of imide groups is 2. The molecule has 0 spiro atoms. The Morgan fingerprint density at radius 3 is 2.04 bits per heavy atom. The molecule has 0 radical (unpaired) electrons. The van der Waals surface area contributed by atoms with Crippen molar-refractivity contribution in [3.05, 3.63) is 70.5 Å². The van der Waals surface area contributed by atoms with E-state index in [0.29, 0.717) is 5.57 Å². The van der Waals surface area contributed by atoms with Gasteiger partial charge < -0.3 is 4.90 Å². The summed E-state index contributed by atoms with van der Waals surface area (Å²) < 4.78 is 0. The number of likely N-dealkylation sites (N-methyl/N-ethyl adjacent to an activating group) is 3. The van der Waals surface area contributed by atoms with Gasteiger partial charge in [-0.1, -0.05) is 36.5 Å². The van der Waals surface area contributed by atoms with Crippen LogP contribution in [0.25, 0.3) is 0 Å². The molecule has 2 aliphatic carbocycles. The minimum Gasteiger partial charge on any atom is -0.372 e. The summed E-state index contributed by atoms with van der Waals surface area (Å²) >= 11 is 0. The van der Waals surface area contributed by atoms with Gasteiger partial charge in [-0.15, -0.1) is 0 Å². The number of allylic oxidation sites excluding steroid dienone is 9. The van der Waals surface area contributed by atoms with Crippen molar-refractivity contribution in [2.24, 2.45) is 0 Å². The molecule has 1 saturated heterocycles. The SMILES string of the molecule is CCN(CC)/C1=C/C2=CC=CC=C(/C=C\C1=C1C(=O)N(C)C(=O)N(C)C1=O)C2. The molecule has 2 bridgehead atoms. The van der Waals surface area contributed by atoms with Gasteiger partial charge in [0.1, 0.15) is 5.57 Å². The summed E-state index contributed by atoms with van der Waals surface area (Å²) in [7, 11) is 2.80. The molecular weight excluding hydrogens is 354 g/mol. The maximum absolute atomic E-state index is 12.9. The maximum Gasteiger partial charge on any atom is 0.333 e. The van der Waals surface area contributed by atoms with E-state index in [1.165, 1.54) is 14.1 Å². The summed E-state index contributed by atoms with van der Waals surface area (Å²) in [5, 5.41) is 0.